The fourth-order valence-electron chi connectivity index (χ4n) is 2.11. The van der Waals surface area contributed by atoms with Crippen LogP contribution in [0.25, 0.3) is 20.8 Å². The first-order valence-corrected chi connectivity index (χ1v) is 7.08. The molecule has 0 fully saturated rings. The molecule has 2 aliphatic rings. The lowest BCUT2D eigenvalue weighted by atomic mass is 10.2. The van der Waals surface area contributed by atoms with Crippen LogP contribution in [0.4, 0.5) is 5.69 Å². The molecule has 0 spiro atoms. The van der Waals surface area contributed by atoms with Crippen LogP contribution in [-0.4, -0.2) is 26.2 Å². The number of fused-ring (bicyclic) bond motifs is 2. The number of rotatable bonds is 1. The van der Waals surface area contributed by atoms with Crippen LogP contribution in [0.15, 0.2) is 30.3 Å². The highest BCUT2D eigenvalue weighted by Crippen LogP contribution is 2.34. The van der Waals surface area contributed by atoms with Gasteiger partial charge in [0.25, 0.3) is 0 Å². The summed E-state index contributed by atoms with van der Waals surface area (Å²) >= 11 is 1.69. The highest BCUT2D eigenvalue weighted by molar-refractivity contribution is 7.21. The van der Waals surface area contributed by atoms with Gasteiger partial charge in [0, 0.05) is 18.2 Å². The van der Waals surface area contributed by atoms with Gasteiger partial charge in [-0.25, -0.2) is 9.56 Å². The van der Waals surface area contributed by atoms with E-state index < -0.39 is 0 Å². The van der Waals surface area contributed by atoms with E-state index in [1.165, 1.54) is 0 Å². The van der Waals surface area contributed by atoms with E-state index in [0.29, 0.717) is 11.4 Å². The molecule has 102 valence electrons. The standard InChI is InChI=1S/C15H15N3OS/c1-18(2)9-4-5-11-14(6-9)20-15-7-10(16)13(19-3)8-12(15)17-11/h4-8,16H,1-3H3/p+1. The van der Waals surface area contributed by atoms with Crippen LogP contribution in [-0.2, 0) is 0 Å². The van der Waals surface area contributed by atoms with Crippen molar-refractivity contribution < 1.29 is 4.74 Å². The predicted octanol–water partition coefficient (Wildman–Crippen LogP) is 2.02. The average molecular weight is 286 g/mol. The Hall–Kier alpha value is -2.14. The van der Waals surface area contributed by atoms with Crippen molar-refractivity contribution in [2.45, 2.75) is 0 Å². The number of ether oxygens (including phenoxy) is 1. The van der Waals surface area contributed by atoms with Crippen LogP contribution >= 0.6 is 11.3 Å². The molecule has 0 saturated heterocycles. The molecule has 4 nitrogen and oxygen atoms in total. The number of hydrogen-bond donors (Lipinski definition) is 1. The lowest BCUT2D eigenvalue weighted by molar-refractivity contribution is 0.417. The van der Waals surface area contributed by atoms with Crippen molar-refractivity contribution in [3.63, 3.8) is 0 Å². The average Bonchev–Trinajstić information content (AvgIpc) is 2.43. The quantitative estimate of drug-likeness (QED) is 0.423. The van der Waals surface area contributed by atoms with E-state index in [0.717, 1.165) is 26.1 Å². The van der Waals surface area contributed by atoms with E-state index in [-0.39, 0.29) is 0 Å². The van der Waals surface area contributed by atoms with Crippen LogP contribution in [0.3, 0.4) is 0 Å². The number of hydrogen-bond acceptors (Lipinski definition) is 4. The Labute approximate surface area is 121 Å². The molecule has 1 aliphatic heterocycles. The Morgan fingerprint density at radius 3 is 2.70 bits per heavy atom. The number of nitrogens with two attached hydrogens (primary N) is 1. The van der Waals surface area contributed by atoms with Crippen molar-refractivity contribution in [3.05, 3.63) is 35.7 Å². The molecule has 1 aromatic rings. The molecule has 1 heterocycles. The van der Waals surface area contributed by atoms with Crippen LogP contribution in [0, 0.1) is 0 Å². The molecule has 3 rings (SSSR count). The molecule has 0 aromatic heterocycles. The number of methoxy groups -OCH3 is 1. The van der Waals surface area contributed by atoms with E-state index in [1.54, 1.807) is 18.4 Å². The van der Waals surface area contributed by atoms with Gasteiger partial charge in [0.2, 0.25) is 5.36 Å². The maximum Gasteiger partial charge on any atom is 0.201 e. The summed E-state index contributed by atoms with van der Waals surface area (Å²) in [5.74, 6) is 0.668. The first-order chi connectivity index (χ1) is 9.58. The van der Waals surface area contributed by atoms with Gasteiger partial charge in [0.05, 0.1) is 33.6 Å². The minimum absolute atomic E-state index is 0.640. The Bertz CT molecular complexity index is 834. The molecule has 0 atom stereocenters. The summed E-state index contributed by atoms with van der Waals surface area (Å²) in [6.45, 7) is 0. The fourth-order valence-corrected chi connectivity index (χ4v) is 3.14. The molecule has 5 heteroatoms. The maximum absolute atomic E-state index is 5.97. The predicted molar refractivity (Wildman–Crippen MR) is 84.3 cm³/mol. The van der Waals surface area contributed by atoms with Gasteiger partial charge >= 0.3 is 0 Å². The van der Waals surface area contributed by atoms with Crippen molar-refractivity contribution in [1.82, 2.24) is 9.56 Å². The first-order valence-electron chi connectivity index (χ1n) is 6.27. The van der Waals surface area contributed by atoms with E-state index in [4.69, 9.17) is 10.5 Å². The number of nitrogen functional groups attached to an aromatic ring is 1. The summed E-state index contributed by atoms with van der Waals surface area (Å²) in [7, 11) is 5.68. The zero-order valence-electron chi connectivity index (χ0n) is 11.7. The Balaban J connectivity index is 2.35. The molecule has 0 radical (unpaired) electrons. The second-order valence-corrected chi connectivity index (χ2v) is 5.91. The lowest BCUT2D eigenvalue weighted by Crippen LogP contribution is -2.21. The molecule has 1 aliphatic carbocycles. The molecular weight excluding hydrogens is 270 g/mol. The number of anilines is 1. The summed E-state index contributed by atoms with van der Waals surface area (Å²) in [6, 6.07) is 10.1. The van der Waals surface area contributed by atoms with Crippen LogP contribution in [0.5, 0.6) is 5.75 Å². The van der Waals surface area contributed by atoms with Crippen LogP contribution < -0.4 is 20.4 Å². The van der Waals surface area contributed by atoms with Gasteiger partial charge in [-0.05, 0) is 12.1 Å². The van der Waals surface area contributed by atoms with E-state index in [1.807, 2.05) is 32.3 Å². The highest BCUT2D eigenvalue weighted by Gasteiger charge is 2.11. The topological polar surface area (TPSA) is 51.2 Å². The van der Waals surface area contributed by atoms with Crippen molar-refractivity contribution in [2.24, 2.45) is 0 Å². The molecule has 1 aromatic carbocycles. The summed E-state index contributed by atoms with van der Waals surface area (Å²) < 4.78 is 8.39. The highest BCUT2D eigenvalue weighted by atomic mass is 32.1. The monoisotopic (exact) mass is 286 g/mol. The molecular formula is C15H16N3OS+. The number of aromatic nitrogens is 1. The minimum Gasteiger partial charge on any atom is -0.495 e. The fraction of sp³-hybridized carbons (Fsp3) is 0.200. The van der Waals surface area contributed by atoms with Gasteiger partial charge in [-0.15, -0.1) is 11.3 Å². The third-order valence-electron chi connectivity index (χ3n) is 3.23. The summed E-state index contributed by atoms with van der Waals surface area (Å²) in [5, 5.41) is 1.16. The summed E-state index contributed by atoms with van der Waals surface area (Å²) in [6.07, 6.45) is 0. The second-order valence-electron chi connectivity index (χ2n) is 4.82. The van der Waals surface area contributed by atoms with Crippen LogP contribution in [0.2, 0.25) is 0 Å². The smallest absolute Gasteiger partial charge is 0.201 e. The minimum atomic E-state index is 0.640. The van der Waals surface area contributed by atoms with Crippen LogP contribution in [0.1, 0.15) is 0 Å². The molecule has 20 heavy (non-hydrogen) atoms. The molecule has 0 amide bonds. The van der Waals surface area contributed by atoms with Gasteiger partial charge in [0.15, 0.2) is 0 Å². The zero-order valence-corrected chi connectivity index (χ0v) is 12.5. The van der Waals surface area contributed by atoms with Crippen molar-refractivity contribution in [2.75, 3.05) is 26.9 Å². The van der Waals surface area contributed by atoms with Gasteiger partial charge in [-0.2, -0.15) is 0 Å². The molecule has 0 saturated carbocycles. The third-order valence-corrected chi connectivity index (χ3v) is 4.33. The van der Waals surface area contributed by atoms with E-state index in [2.05, 4.69) is 21.7 Å². The molecule has 0 bridgehead atoms. The maximum atomic E-state index is 5.97. The Morgan fingerprint density at radius 2 is 2.00 bits per heavy atom. The zero-order chi connectivity index (χ0) is 14.3. The van der Waals surface area contributed by atoms with E-state index >= 15 is 0 Å². The molecule has 0 unspecified atom stereocenters. The normalized spacial score (nSPS) is 10.9. The molecule has 2 N–H and O–H groups in total. The van der Waals surface area contributed by atoms with Gasteiger partial charge in [-0.1, -0.05) is 0 Å². The Kier molecular flexibility index (Phi) is 3.06. The van der Waals surface area contributed by atoms with Gasteiger partial charge in [-0.3, -0.25) is 0 Å². The van der Waals surface area contributed by atoms with Crippen molar-refractivity contribution in [1.29, 1.82) is 0 Å². The van der Waals surface area contributed by atoms with Gasteiger partial charge in [0.1, 0.15) is 19.8 Å². The number of nitrogens with zero attached hydrogens (tertiary/aromatic N) is 2. The lowest BCUT2D eigenvalue weighted by Gasteiger charge is -2.09. The first kappa shape index (κ1) is 12.9. The summed E-state index contributed by atoms with van der Waals surface area (Å²) in [4.78, 5) is 5.83. The van der Waals surface area contributed by atoms with Crippen molar-refractivity contribution >= 4 is 27.2 Å². The second kappa shape index (κ2) is 4.76. The SMILES string of the molecule is COc1cc2nc3ccc(=[N+](C)C)cc-3sc2cc1N. The summed E-state index contributed by atoms with van der Waals surface area (Å²) in [5.41, 5.74) is 8.50. The van der Waals surface area contributed by atoms with E-state index in [9.17, 15) is 0 Å². The Morgan fingerprint density at radius 1 is 1.20 bits per heavy atom. The van der Waals surface area contributed by atoms with Gasteiger partial charge < -0.3 is 10.5 Å². The van der Waals surface area contributed by atoms with Crippen molar-refractivity contribution in [3.8, 4) is 16.3 Å². The largest absolute Gasteiger partial charge is 0.495 e. The number of benzene rings is 2. The third kappa shape index (κ3) is 2.10.